The first-order chi connectivity index (χ1) is 11.9. The molecule has 0 fully saturated rings. The zero-order chi connectivity index (χ0) is 20.0. The van der Waals surface area contributed by atoms with Crippen LogP contribution in [0.15, 0.2) is 12.1 Å². The number of hydrogen-bond donors (Lipinski definition) is 2. The Labute approximate surface area is 145 Å². The van der Waals surface area contributed by atoms with Gasteiger partial charge in [-0.05, 0) is 24.6 Å². The molecule has 0 saturated heterocycles. The van der Waals surface area contributed by atoms with Crippen LogP contribution in [0.4, 0.5) is 13.2 Å². The summed E-state index contributed by atoms with van der Waals surface area (Å²) in [7, 11) is 2.38. The zero-order valence-corrected chi connectivity index (χ0v) is 14.0. The molecule has 0 spiro atoms. The number of ketones is 1. The number of carbonyl (C=O) groups is 3. The number of halogens is 3. The monoisotopic (exact) mass is 372 g/mol. The fourth-order valence-corrected chi connectivity index (χ4v) is 2.99. The molecular formula is C16H15F3N2O5. The van der Waals surface area contributed by atoms with Crippen molar-refractivity contribution in [2.45, 2.75) is 19.5 Å². The molecule has 0 aliphatic rings. The summed E-state index contributed by atoms with van der Waals surface area (Å²) in [5.74, 6) is -3.55. The Morgan fingerprint density at radius 2 is 1.65 bits per heavy atom. The molecule has 140 valence electrons. The highest BCUT2D eigenvalue weighted by Gasteiger charge is 2.36. The molecule has 2 heterocycles. The zero-order valence-electron chi connectivity index (χ0n) is 14.0. The summed E-state index contributed by atoms with van der Waals surface area (Å²) >= 11 is 0. The van der Waals surface area contributed by atoms with Gasteiger partial charge in [0.25, 0.3) is 0 Å². The van der Waals surface area contributed by atoms with E-state index in [0.29, 0.717) is 4.57 Å². The minimum Gasteiger partial charge on any atom is -0.481 e. The van der Waals surface area contributed by atoms with Gasteiger partial charge in [0, 0.05) is 19.8 Å². The summed E-state index contributed by atoms with van der Waals surface area (Å²) in [6, 6.07) is 1.75. The Morgan fingerprint density at radius 1 is 1.08 bits per heavy atom. The van der Waals surface area contributed by atoms with Gasteiger partial charge < -0.3 is 19.3 Å². The number of alkyl halides is 3. The maximum atomic E-state index is 12.9. The third kappa shape index (κ3) is 3.09. The van der Waals surface area contributed by atoms with Gasteiger partial charge in [-0.2, -0.15) is 13.2 Å². The fraction of sp³-hybridized carbons (Fsp3) is 0.312. The van der Waals surface area contributed by atoms with Gasteiger partial charge in [-0.3, -0.25) is 9.59 Å². The van der Waals surface area contributed by atoms with Gasteiger partial charge in [-0.1, -0.05) is 0 Å². The van der Waals surface area contributed by atoms with Crippen molar-refractivity contribution in [2.75, 3.05) is 0 Å². The van der Waals surface area contributed by atoms with E-state index in [1.54, 1.807) is 0 Å². The first kappa shape index (κ1) is 19.3. The van der Waals surface area contributed by atoms with Crippen LogP contribution in [-0.2, 0) is 31.5 Å². The average Bonchev–Trinajstić information content (AvgIpc) is 2.97. The summed E-state index contributed by atoms with van der Waals surface area (Å²) in [6.45, 7) is 1.32. The third-order valence-corrected chi connectivity index (χ3v) is 4.15. The maximum Gasteiger partial charge on any atom is 0.431 e. The van der Waals surface area contributed by atoms with Crippen LogP contribution in [-0.4, -0.2) is 37.1 Å². The van der Waals surface area contributed by atoms with E-state index in [0.717, 1.165) is 23.7 Å². The Morgan fingerprint density at radius 3 is 2.08 bits per heavy atom. The van der Waals surface area contributed by atoms with E-state index in [1.165, 1.54) is 14.0 Å². The second kappa shape index (κ2) is 6.36. The highest BCUT2D eigenvalue weighted by Crippen LogP contribution is 2.32. The lowest BCUT2D eigenvalue weighted by molar-refractivity contribution is -0.143. The molecule has 2 rings (SSSR count). The Balaban J connectivity index is 2.66. The molecular weight excluding hydrogens is 357 g/mol. The van der Waals surface area contributed by atoms with E-state index in [9.17, 15) is 32.7 Å². The summed E-state index contributed by atoms with van der Waals surface area (Å²) < 4.78 is 40.6. The number of hydrogen-bond acceptors (Lipinski definition) is 3. The van der Waals surface area contributed by atoms with E-state index in [2.05, 4.69) is 0 Å². The molecule has 0 aromatic carbocycles. The Kier molecular flexibility index (Phi) is 4.71. The van der Waals surface area contributed by atoms with Crippen LogP contribution in [0.1, 0.15) is 43.5 Å². The van der Waals surface area contributed by atoms with Gasteiger partial charge in [0.05, 0.1) is 23.4 Å². The van der Waals surface area contributed by atoms with Crippen molar-refractivity contribution >= 4 is 17.7 Å². The van der Waals surface area contributed by atoms with Crippen molar-refractivity contribution in [1.29, 1.82) is 0 Å². The van der Waals surface area contributed by atoms with Crippen molar-refractivity contribution in [3.8, 4) is 0 Å². The number of carboxylic acids is 2. The standard InChI is InChI=1S/C16H15F3N2O5/c1-7-12(15(25)26)9(6-11(22)23)21(3)13(7)14(24)8-4-5-10(20(8)2)16(17,18)19/h4-5H,6H2,1-3H3,(H,22,23)(H,25,26). The highest BCUT2D eigenvalue weighted by molar-refractivity contribution is 6.10. The van der Waals surface area contributed by atoms with Crippen molar-refractivity contribution in [3.05, 3.63) is 46.0 Å². The van der Waals surface area contributed by atoms with E-state index in [1.807, 2.05) is 0 Å². The molecule has 0 aliphatic carbocycles. The van der Waals surface area contributed by atoms with Crippen molar-refractivity contribution in [1.82, 2.24) is 9.13 Å². The van der Waals surface area contributed by atoms with E-state index >= 15 is 0 Å². The van der Waals surface area contributed by atoms with Gasteiger partial charge in [0.2, 0.25) is 5.78 Å². The van der Waals surface area contributed by atoms with Gasteiger partial charge >= 0.3 is 18.1 Å². The molecule has 0 bridgehead atoms. The molecule has 2 N–H and O–H groups in total. The van der Waals surface area contributed by atoms with E-state index in [-0.39, 0.29) is 28.2 Å². The summed E-state index contributed by atoms with van der Waals surface area (Å²) in [5.41, 5.74) is -1.96. The van der Waals surface area contributed by atoms with Gasteiger partial charge in [-0.25, -0.2) is 4.79 Å². The SMILES string of the molecule is Cc1c(C(=O)O)c(CC(=O)O)n(C)c1C(=O)c1ccc(C(F)(F)F)n1C. The summed E-state index contributed by atoms with van der Waals surface area (Å²) in [4.78, 5) is 35.3. The summed E-state index contributed by atoms with van der Waals surface area (Å²) in [5, 5.41) is 18.3. The molecule has 2 aromatic rings. The first-order valence-electron chi connectivity index (χ1n) is 7.28. The molecule has 10 heteroatoms. The van der Waals surface area contributed by atoms with Gasteiger partial charge in [0.15, 0.2) is 0 Å². The second-order valence-corrected chi connectivity index (χ2v) is 5.72. The molecule has 26 heavy (non-hydrogen) atoms. The number of carboxylic acid groups (broad SMARTS) is 2. The van der Waals surface area contributed by atoms with Crippen molar-refractivity contribution < 1.29 is 37.8 Å². The van der Waals surface area contributed by atoms with Crippen LogP contribution < -0.4 is 0 Å². The number of nitrogens with zero attached hydrogens (tertiary/aromatic N) is 2. The van der Waals surface area contributed by atoms with E-state index in [4.69, 9.17) is 5.11 Å². The third-order valence-electron chi connectivity index (χ3n) is 4.15. The number of carbonyl (C=O) groups excluding carboxylic acids is 1. The molecule has 0 aliphatic heterocycles. The number of aliphatic carboxylic acids is 1. The van der Waals surface area contributed by atoms with Crippen LogP contribution in [0.3, 0.4) is 0 Å². The summed E-state index contributed by atoms with van der Waals surface area (Å²) in [6.07, 6.45) is -5.30. The Hall–Kier alpha value is -3.04. The minimum atomic E-state index is -4.66. The van der Waals surface area contributed by atoms with Crippen molar-refractivity contribution in [2.24, 2.45) is 14.1 Å². The second-order valence-electron chi connectivity index (χ2n) is 5.72. The number of aromatic nitrogens is 2. The van der Waals surface area contributed by atoms with Crippen LogP contribution in [0.5, 0.6) is 0 Å². The van der Waals surface area contributed by atoms with Crippen LogP contribution >= 0.6 is 0 Å². The predicted molar refractivity (Wildman–Crippen MR) is 82.3 cm³/mol. The maximum absolute atomic E-state index is 12.9. The molecule has 7 nitrogen and oxygen atoms in total. The molecule has 0 atom stereocenters. The van der Waals surface area contributed by atoms with Gasteiger partial charge in [0.1, 0.15) is 5.69 Å². The largest absolute Gasteiger partial charge is 0.481 e. The van der Waals surface area contributed by atoms with Crippen molar-refractivity contribution in [3.63, 3.8) is 0 Å². The molecule has 2 aromatic heterocycles. The smallest absolute Gasteiger partial charge is 0.431 e. The fourth-order valence-electron chi connectivity index (χ4n) is 2.99. The topological polar surface area (TPSA) is 102 Å². The Bertz CT molecular complexity index is 921. The van der Waals surface area contributed by atoms with Crippen LogP contribution in [0, 0.1) is 6.92 Å². The lowest BCUT2D eigenvalue weighted by Gasteiger charge is -2.11. The lowest BCUT2D eigenvalue weighted by Crippen LogP contribution is -2.18. The number of aromatic carboxylic acids is 1. The quantitative estimate of drug-likeness (QED) is 0.784. The molecule has 0 amide bonds. The number of rotatable bonds is 5. The minimum absolute atomic E-state index is 0.00370. The van der Waals surface area contributed by atoms with E-state index < -0.39 is 36.0 Å². The molecule has 0 saturated carbocycles. The highest BCUT2D eigenvalue weighted by atomic mass is 19.4. The molecule has 0 radical (unpaired) electrons. The lowest BCUT2D eigenvalue weighted by atomic mass is 10.1. The predicted octanol–water partition coefficient (Wildman–Crippen LogP) is 2.25. The first-order valence-corrected chi connectivity index (χ1v) is 7.28. The van der Waals surface area contributed by atoms with Crippen LogP contribution in [0.2, 0.25) is 0 Å². The molecule has 0 unspecified atom stereocenters. The average molecular weight is 372 g/mol. The normalized spacial score (nSPS) is 11.6. The van der Waals surface area contributed by atoms with Gasteiger partial charge in [-0.15, -0.1) is 0 Å². The van der Waals surface area contributed by atoms with Crippen LogP contribution in [0.25, 0.3) is 0 Å².